The van der Waals surface area contributed by atoms with Gasteiger partial charge in [0.25, 0.3) is 5.56 Å². The number of aryl methyl sites for hydroxylation is 2. The first-order valence-electron chi connectivity index (χ1n) is 12.6. The number of likely N-dealkylation sites (tertiary alicyclic amines) is 1. The molecule has 2 atom stereocenters. The summed E-state index contributed by atoms with van der Waals surface area (Å²) in [5.74, 6) is 0. The van der Waals surface area contributed by atoms with Gasteiger partial charge < -0.3 is 9.64 Å². The van der Waals surface area contributed by atoms with Gasteiger partial charge in [0.1, 0.15) is 11.3 Å². The number of hydrogen-bond acceptors (Lipinski definition) is 7. The summed E-state index contributed by atoms with van der Waals surface area (Å²) in [7, 11) is 0. The van der Waals surface area contributed by atoms with E-state index in [1.165, 1.54) is 0 Å². The Morgan fingerprint density at radius 2 is 1.76 bits per heavy atom. The Morgan fingerprint density at radius 3 is 2.43 bits per heavy atom. The van der Waals surface area contributed by atoms with Gasteiger partial charge in [0.05, 0.1) is 40.7 Å². The standard InChI is InChI=1S/C27H33N7O3/c1-15-10-22(31-32-14-16(2)29-24(15)32)21-9-8-20-23(30-21)13-28-34(25(20)35)19-11-17(3)33(18(4)12-19)26(36)37-27(5,6)7/h8-10,13-14,17-19H,11-12H2,1-7H3. The van der Waals surface area contributed by atoms with Gasteiger partial charge in [-0.1, -0.05) is 0 Å². The van der Waals surface area contributed by atoms with Crippen molar-refractivity contribution in [3.05, 3.63) is 52.2 Å². The molecule has 4 aromatic heterocycles. The molecule has 1 aliphatic rings. The van der Waals surface area contributed by atoms with E-state index in [9.17, 15) is 9.59 Å². The second kappa shape index (κ2) is 8.93. The van der Waals surface area contributed by atoms with Gasteiger partial charge in [-0.05, 0) is 85.1 Å². The van der Waals surface area contributed by atoms with Crippen molar-refractivity contribution in [3.8, 4) is 11.4 Å². The van der Waals surface area contributed by atoms with Gasteiger partial charge >= 0.3 is 6.09 Å². The zero-order chi connectivity index (χ0) is 26.6. The summed E-state index contributed by atoms with van der Waals surface area (Å²) < 4.78 is 8.91. The Morgan fingerprint density at radius 1 is 1.05 bits per heavy atom. The van der Waals surface area contributed by atoms with Gasteiger partial charge in [0, 0.05) is 12.1 Å². The van der Waals surface area contributed by atoms with E-state index in [0.29, 0.717) is 35.1 Å². The van der Waals surface area contributed by atoms with Crippen LogP contribution in [0.15, 0.2) is 35.4 Å². The average molecular weight is 504 g/mol. The third-order valence-electron chi connectivity index (χ3n) is 6.79. The number of hydrogen-bond donors (Lipinski definition) is 0. The molecule has 5 rings (SSSR count). The smallest absolute Gasteiger partial charge is 0.410 e. The van der Waals surface area contributed by atoms with Crippen LogP contribution in [-0.2, 0) is 4.74 Å². The molecule has 0 spiro atoms. The van der Waals surface area contributed by atoms with Crippen LogP contribution in [0.2, 0.25) is 0 Å². The molecule has 10 nitrogen and oxygen atoms in total. The minimum Gasteiger partial charge on any atom is -0.444 e. The van der Waals surface area contributed by atoms with Crippen LogP contribution in [0.3, 0.4) is 0 Å². The van der Waals surface area contributed by atoms with Crippen molar-refractivity contribution in [1.82, 2.24) is 34.3 Å². The fourth-order valence-electron chi connectivity index (χ4n) is 5.24. The van der Waals surface area contributed by atoms with Gasteiger partial charge in [-0.25, -0.2) is 24.0 Å². The average Bonchev–Trinajstić information content (AvgIpc) is 3.18. The second-order valence-corrected chi connectivity index (χ2v) is 11.1. The molecule has 0 aromatic carbocycles. The van der Waals surface area contributed by atoms with Crippen LogP contribution in [0.1, 0.15) is 64.8 Å². The number of aromatic nitrogens is 6. The van der Waals surface area contributed by atoms with E-state index in [1.54, 1.807) is 26.4 Å². The fraction of sp³-hybridized carbons (Fsp3) is 0.481. The highest BCUT2D eigenvalue weighted by atomic mass is 16.6. The predicted molar refractivity (Wildman–Crippen MR) is 141 cm³/mol. The third-order valence-corrected chi connectivity index (χ3v) is 6.79. The van der Waals surface area contributed by atoms with E-state index in [0.717, 1.165) is 16.9 Å². The van der Waals surface area contributed by atoms with Crippen LogP contribution in [0.5, 0.6) is 0 Å². The van der Waals surface area contributed by atoms with Crippen molar-refractivity contribution in [2.45, 2.75) is 85.0 Å². The number of carbonyl (C=O) groups is 1. The first-order valence-corrected chi connectivity index (χ1v) is 12.6. The van der Waals surface area contributed by atoms with Crippen molar-refractivity contribution >= 4 is 22.6 Å². The molecule has 1 fully saturated rings. The molecule has 0 N–H and O–H groups in total. The zero-order valence-corrected chi connectivity index (χ0v) is 22.4. The number of amides is 1. The number of fused-ring (bicyclic) bond motifs is 2. The Labute approximate surface area is 215 Å². The lowest BCUT2D eigenvalue weighted by Gasteiger charge is -2.42. The topological polar surface area (TPSA) is 108 Å². The van der Waals surface area contributed by atoms with Gasteiger partial charge in [0.2, 0.25) is 0 Å². The van der Waals surface area contributed by atoms with Crippen molar-refractivity contribution < 1.29 is 9.53 Å². The minimum atomic E-state index is -0.562. The Kier molecular flexibility index (Phi) is 6.00. The SMILES string of the molecule is Cc1cn2nc(-c3ccc4c(=O)n(C5CC(C)N(C(=O)OC(C)(C)C)C(C)C5)ncc4n3)cc(C)c2n1. The molecule has 2 unspecified atom stereocenters. The summed E-state index contributed by atoms with van der Waals surface area (Å²) in [5, 5.41) is 9.66. The van der Waals surface area contributed by atoms with Gasteiger partial charge in [-0.15, -0.1) is 0 Å². The summed E-state index contributed by atoms with van der Waals surface area (Å²) in [6, 6.07) is 5.25. The lowest BCUT2D eigenvalue weighted by molar-refractivity contribution is -0.00719. The van der Waals surface area contributed by atoms with Crippen LogP contribution in [0.4, 0.5) is 4.79 Å². The van der Waals surface area contributed by atoms with E-state index in [1.807, 2.05) is 66.8 Å². The highest BCUT2D eigenvalue weighted by Crippen LogP contribution is 2.32. The minimum absolute atomic E-state index is 0.0930. The molecule has 1 amide bonds. The van der Waals surface area contributed by atoms with E-state index < -0.39 is 5.60 Å². The maximum atomic E-state index is 13.5. The van der Waals surface area contributed by atoms with Gasteiger partial charge in [-0.3, -0.25) is 4.79 Å². The molecule has 37 heavy (non-hydrogen) atoms. The van der Waals surface area contributed by atoms with Crippen LogP contribution >= 0.6 is 0 Å². The first-order chi connectivity index (χ1) is 17.4. The van der Waals surface area contributed by atoms with Crippen LogP contribution in [-0.4, -0.2) is 58.0 Å². The predicted octanol–water partition coefficient (Wildman–Crippen LogP) is 4.47. The van der Waals surface area contributed by atoms with E-state index in [2.05, 4.69) is 15.2 Å². The number of imidazole rings is 1. The molecule has 0 bridgehead atoms. The summed E-state index contributed by atoms with van der Waals surface area (Å²) in [6.07, 6.45) is 4.42. The molecule has 1 aliphatic heterocycles. The highest BCUT2D eigenvalue weighted by Gasteiger charge is 2.37. The van der Waals surface area contributed by atoms with Crippen LogP contribution in [0, 0.1) is 13.8 Å². The molecular weight excluding hydrogens is 470 g/mol. The maximum absolute atomic E-state index is 13.5. The monoisotopic (exact) mass is 503 g/mol. The number of ether oxygens (including phenoxy) is 1. The molecule has 4 aromatic rings. The molecule has 10 heteroatoms. The molecule has 194 valence electrons. The lowest BCUT2D eigenvalue weighted by Crippen LogP contribution is -2.52. The Bertz CT molecular complexity index is 1550. The lowest BCUT2D eigenvalue weighted by atomic mass is 9.93. The van der Waals surface area contributed by atoms with Crippen molar-refractivity contribution in [2.24, 2.45) is 0 Å². The van der Waals surface area contributed by atoms with Gasteiger partial charge in [0.15, 0.2) is 5.65 Å². The fourth-order valence-corrected chi connectivity index (χ4v) is 5.24. The molecule has 1 saturated heterocycles. The number of nitrogens with zero attached hydrogens (tertiary/aromatic N) is 7. The van der Waals surface area contributed by atoms with Crippen LogP contribution < -0.4 is 5.56 Å². The molecule has 0 saturated carbocycles. The number of piperidine rings is 1. The summed E-state index contributed by atoms with van der Waals surface area (Å²) in [5.41, 5.74) is 3.84. The van der Waals surface area contributed by atoms with Crippen molar-refractivity contribution in [3.63, 3.8) is 0 Å². The quantitative estimate of drug-likeness (QED) is 0.397. The summed E-state index contributed by atoms with van der Waals surface area (Å²) >= 11 is 0. The van der Waals surface area contributed by atoms with Crippen molar-refractivity contribution in [2.75, 3.05) is 0 Å². The second-order valence-electron chi connectivity index (χ2n) is 11.1. The third kappa shape index (κ3) is 4.68. The Balaban J connectivity index is 1.43. The van der Waals surface area contributed by atoms with E-state index >= 15 is 0 Å². The Hall–Kier alpha value is -3.82. The van der Waals surface area contributed by atoms with E-state index in [-0.39, 0.29) is 29.8 Å². The molecular formula is C27H33N7O3. The molecule has 0 aliphatic carbocycles. The molecule has 0 radical (unpaired) electrons. The summed E-state index contributed by atoms with van der Waals surface area (Å²) in [4.78, 5) is 37.2. The zero-order valence-electron chi connectivity index (χ0n) is 22.4. The van der Waals surface area contributed by atoms with Crippen LogP contribution in [0.25, 0.3) is 27.9 Å². The maximum Gasteiger partial charge on any atom is 0.410 e. The molecule has 5 heterocycles. The van der Waals surface area contributed by atoms with E-state index in [4.69, 9.17) is 9.72 Å². The highest BCUT2D eigenvalue weighted by molar-refractivity contribution is 5.79. The first kappa shape index (κ1) is 24.9. The largest absolute Gasteiger partial charge is 0.444 e. The number of rotatable bonds is 2. The normalized spacial score (nSPS) is 20.5. The van der Waals surface area contributed by atoms with Gasteiger partial charge in [-0.2, -0.15) is 10.2 Å². The number of carbonyl (C=O) groups excluding carboxylic acids is 1. The number of pyridine rings is 1. The summed E-state index contributed by atoms with van der Waals surface area (Å²) in [6.45, 7) is 13.5. The van der Waals surface area contributed by atoms with Crippen molar-refractivity contribution in [1.29, 1.82) is 0 Å².